The van der Waals surface area contributed by atoms with Crippen molar-refractivity contribution in [2.45, 2.75) is 32.4 Å². The largest absolute Gasteiger partial charge is 0.453 e. The second-order valence-corrected chi connectivity index (χ2v) is 6.06. The lowest BCUT2D eigenvalue weighted by molar-refractivity contribution is 0.0502. The van der Waals surface area contributed by atoms with Crippen molar-refractivity contribution in [1.29, 1.82) is 0 Å². The van der Waals surface area contributed by atoms with Crippen molar-refractivity contribution in [2.75, 3.05) is 13.7 Å². The highest BCUT2D eigenvalue weighted by atomic mass is 35.5. The second kappa shape index (κ2) is 7.89. The summed E-state index contributed by atoms with van der Waals surface area (Å²) in [6.45, 7) is 5.46. The van der Waals surface area contributed by atoms with Crippen LogP contribution in [0.1, 0.15) is 32.4 Å². The van der Waals surface area contributed by atoms with E-state index >= 15 is 0 Å². The first-order chi connectivity index (χ1) is 10.2. The van der Waals surface area contributed by atoms with Gasteiger partial charge in [-0.1, -0.05) is 23.7 Å². The molecule has 0 saturated carbocycles. The zero-order valence-electron chi connectivity index (χ0n) is 13.1. The van der Waals surface area contributed by atoms with E-state index in [1.165, 1.54) is 7.11 Å². The number of methoxy groups -OCH3 is 1. The van der Waals surface area contributed by atoms with Crippen LogP contribution in [0.5, 0.6) is 0 Å². The summed E-state index contributed by atoms with van der Waals surface area (Å²) < 4.78 is 9.75. The van der Waals surface area contributed by atoms with E-state index in [0.717, 1.165) is 5.56 Å². The van der Waals surface area contributed by atoms with Gasteiger partial charge in [0.1, 0.15) is 5.60 Å². The molecule has 122 valence electrons. The summed E-state index contributed by atoms with van der Waals surface area (Å²) in [5, 5.41) is 5.78. The molecule has 7 heteroatoms. The number of amides is 2. The maximum Gasteiger partial charge on any atom is 0.408 e. The molecule has 1 unspecified atom stereocenters. The molecule has 0 spiro atoms. The fourth-order valence-corrected chi connectivity index (χ4v) is 1.88. The fraction of sp³-hybridized carbons (Fsp3) is 0.467. The lowest BCUT2D eigenvalue weighted by Gasteiger charge is -2.24. The predicted molar refractivity (Wildman–Crippen MR) is 84.0 cm³/mol. The van der Waals surface area contributed by atoms with E-state index in [4.69, 9.17) is 16.3 Å². The van der Waals surface area contributed by atoms with Gasteiger partial charge in [-0.25, -0.2) is 9.59 Å². The molecule has 0 fully saturated rings. The Hall–Kier alpha value is -1.95. The Balaban J connectivity index is 2.82. The van der Waals surface area contributed by atoms with E-state index in [2.05, 4.69) is 15.4 Å². The SMILES string of the molecule is COC(=O)NCC(NC(=O)OC(C)(C)C)c1cccc(Cl)c1. The molecule has 0 aliphatic rings. The number of carbonyl (C=O) groups excluding carboxylic acids is 2. The maximum absolute atomic E-state index is 11.9. The van der Waals surface area contributed by atoms with Crippen LogP contribution in [-0.2, 0) is 9.47 Å². The van der Waals surface area contributed by atoms with Gasteiger partial charge in [-0.2, -0.15) is 0 Å². The van der Waals surface area contributed by atoms with Crippen LogP contribution in [0.3, 0.4) is 0 Å². The van der Waals surface area contributed by atoms with Gasteiger partial charge in [0.15, 0.2) is 0 Å². The molecule has 0 aliphatic carbocycles. The molecule has 0 radical (unpaired) electrons. The number of alkyl carbamates (subject to hydrolysis) is 2. The average Bonchev–Trinajstić information content (AvgIpc) is 2.41. The fourth-order valence-electron chi connectivity index (χ4n) is 1.68. The normalized spacial score (nSPS) is 12.2. The Morgan fingerprint density at radius 2 is 1.95 bits per heavy atom. The van der Waals surface area contributed by atoms with E-state index < -0.39 is 23.8 Å². The van der Waals surface area contributed by atoms with Crippen molar-refractivity contribution in [1.82, 2.24) is 10.6 Å². The predicted octanol–water partition coefficient (Wildman–Crippen LogP) is 3.26. The number of hydrogen-bond acceptors (Lipinski definition) is 4. The van der Waals surface area contributed by atoms with E-state index in [1.54, 1.807) is 45.0 Å². The summed E-state index contributed by atoms with van der Waals surface area (Å²) in [6, 6.07) is 6.51. The minimum absolute atomic E-state index is 0.145. The van der Waals surface area contributed by atoms with Gasteiger partial charge in [0.2, 0.25) is 0 Å². The lowest BCUT2D eigenvalue weighted by atomic mass is 10.1. The van der Waals surface area contributed by atoms with Gasteiger partial charge in [0, 0.05) is 11.6 Å². The minimum Gasteiger partial charge on any atom is -0.453 e. The van der Waals surface area contributed by atoms with Gasteiger partial charge in [-0.05, 0) is 38.5 Å². The molecule has 2 amide bonds. The van der Waals surface area contributed by atoms with Gasteiger partial charge >= 0.3 is 12.2 Å². The van der Waals surface area contributed by atoms with Crippen molar-refractivity contribution in [3.8, 4) is 0 Å². The van der Waals surface area contributed by atoms with Crippen LogP contribution in [-0.4, -0.2) is 31.4 Å². The van der Waals surface area contributed by atoms with Crippen LogP contribution in [0.25, 0.3) is 0 Å². The number of ether oxygens (including phenoxy) is 2. The maximum atomic E-state index is 11.9. The number of rotatable bonds is 4. The van der Waals surface area contributed by atoms with Gasteiger partial charge in [-0.3, -0.25) is 0 Å². The molecule has 6 nitrogen and oxygen atoms in total. The molecule has 0 bridgehead atoms. The third-order valence-corrected chi connectivity index (χ3v) is 2.81. The van der Waals surface area contributed by atoms with Crippen molar-refractivity contribution in [2.24, 2.45) is 0 Å². The van der Waals surface area contributed by atoms with Crippen LogP contribution in [0.2, 0.25) is 5.02 Å². The van der Waals surface area contributed by atoms with Crippen LogP contribution in [0.15, 0.2) is 24.3 Å². The first-order valence-electron chi connectivity index (χ1n) is 6.78. The van der Waals surface area contributed by atoms with Crippen molar-refractivity contribution in [3.05, 3.63) is 34.9 Å². The Labute approximate surface area is 135 Å². The molecule has 0 aliphatic heterocycles. The molecule has 1 atom stereocenters. The highest BCUT2D eigenvalue weighted by Crippen LogP contribution is 2.18. The molecule has 0 saturated heterocycles. The number of carbonyl (C=O) groups is 2. The Morgan fingerprint density at radius 1 is 1.27 bits per heavy atom. The number of benzene rings is 1. The van der Waals surface area contributed by atoms with Gasteiger partial charge < -0.3 is 20.1 Å². The molecule has 22 heavy (non-hydrogen) atoms. The molecular formula is C15H21ClN2O4. The molecule has 0 heterocycles. The molecule has 1 aromatic rings. The van der Waals surface area contributed by atoms with Gasteiger partial charge in [0.25, 0.3) is 0 Å². The Morgan fingerprint density at radius 3 is 2.50 bits per heavy atom. The zero-order chi connectivity index (χ0) is 16.8. The topological polar surface area (TPSA) is 76.7 Å². The van der Waals surface area contributed by atoms with Crippen molar-refractivity contribution in [3.63, 3.8) is 0 Å². The third-order valence-electron chi connectivity index (χ3n) is 2.58. The first-order valence-corrected chi connectivity index (χ1v) is 7.16. The summed E-state index contributed by atoms with van der Waals surface area (Å²) in [5.41, 5.74) is 0.133. The summed E-state index contributed by atoms with van der Waals surface area (Å²) >= 11 is 5.97. The summed E-state index contributed by atoms with van der Waals surface area (Å²) in [5.74, 6) is 0. The van der Waals surface area contributed by atoms with E-state index in [9.17, 15) is 9.59 Å². The van der Waals surface area contributed by atoms with Gasteiger partial charge in [0.05, 0.1) is 13.2 Å². The molecule has 1 rings (SSSR count). The quantitative estimate of drug-likeness (QED) is 0.889. The summed E-state index contributed by atoms with van der Waals surface area (Å²) in [6.07, 6.45) is -1.16. The molecule has 1 aromatic carbocycles. The highest BCUT2D eigenvalue weighted by Gasteiger charge is 2.21. The standard InChI is InChI=1S/C15H21ClN2O4/c1-15(2,3)22-14(20)18-12(9-17-13(19)21-4)10-6-5-7-11(16)8-10/h5-8,12H,9H2,1-4H3,(H,17,19)(H,18,20). The van der Waals surface area contributed by atoms with Crippen LogP contribution in [0.4, 0.5) is 9.59 Å². The van der Waals surface area contributed by atoms with Crippen LogP contribution in [0, 0.1) is 0 Å². The average molecular weight is 329 g/mol. The van der Waals surface area contributed by atoms with Crippen LogP contribution >= 0.6 is 11.6 Å². The van der Waals surface area contributed by atoms with Gasteiger partial charge in [-0.15, -0.1) is 0 Å². The lowest BCUT2D eigenvalue weighted by Crippen LogP contribution is -2.40. The highest BCUT2D eigenvalue weighted by molar-refractivity contribution is 6.30. The molecular weight excluding hydrogens is 308 g/mol. The Bertz CT molecular complexity index is 529. The second-order valence-electron chi connectivity index (χ2n) is 5.63. The number of nitrogens with one attached hydrogen (secondary N) is 2. The summed E-state index contributed by atoms with van der Waals surface area (Å²) in [7, 11) is 1.27. The van der Waals surface area contributed by atoms with E-state index in [1.807, 2.05) is 0 Å². The molecule has 2 N–H and O–H groups in total. The number of halogens is 1. The van der Waals surface area contributed by atoms with Crippen LogP contribution < -0.4 is 10.6 Å². The van der Waals surface area contributed by atoms with E-state index in [0.29, 0.717) is 5.02 Å². The smallest absolute Gasteiger partial charge is 0.408 e. The van der Waals surface area contributed by atoms with Crippen molar-refractivity contribution >= 4 is 23.8 Å². The third kappa shape index (κ3) is 6.67. The monoisotopic (exact) mass is 328 g/mol. The molecule has 0 aromatic heterocycles. The Kier molecular flexibility index (Phi) is 6.49. The van der Waals surface area contributed by atoms with E-state index in [-0.39, 0.29) is 6.54 Å². The zero-order valence-corrected chi connectivity index (χ0v) is 13.9. The first kappa shape index (κ1) is 18.1. The number of hydrogen-bond donors (Lipinski definition) is 2. The minimum atomic E-state index is -0.612. The van der Waals surface area contributed by atoms with Crippen molar-refractivity contribution < 1.29 is 19.1 Å². The summed E-state index contributed by atoms with van der Waals surface area (Å²) in [4.78, 5) is 23.2.